The molecule has 1 heterocycles. The molecule has 1 rings (SSSR count). The van der Waals surface area contributed by atoms with Crippen LogP contribution in [0.1, 0.15) is 12.5 Å². The van der Waals surface area contributed by atoms with Crippen LogP contribution in [-0.2, 0) is 9.53 Å². The molecule has 3 heteroatoms. The van der Waals surface area contributed by atoms with Gasteiger partial charge in [-0.05, 0) is 25.5 Å². The molecular formula is C9H13NO2. The maximum atomic E-state index is 9.18. The number of nitrogens with zero attached hydrogens (tertiary/aromatic N) is 1. The van der Waals surface area contributed by atoms with Crippen LogP contribution >= 0.6 is 0 Å². The van der Waals surface area contributed by atoms with Crippen LogP contribution in [0.5, 0.6) is 0 Å². The largest absolute Gasteiger partial charge is 0.468 e. The molecule has 0 aliphatic heterocycles. The highest BCUT2D eigenvalue weighted by Crippen LogP contribution is 1.88. The highest BCUT2D eigenvalue weighted by Gasteiger charge is 1.73. The molecule has 0 amide bonds. The molecule has 0 spiro atoms. The van der Waals surface area contributed by atoms with Crippen LogP contribution in [-0.4, -0.2) is 18.1 Å². The molecule has 3 nitrogen and oxygen atoms in total. The summed E-state index contributed by atoms with van der Waals surface area (Å²) in [5, 5.41) is 0. The fourth-order valence-corrected chi connectivity index (χ4v) is 0.516. The normalized spacial score (nSPS) is 7.83. The summed E-state index contributed by atoms with van der Waals surface area (Å²) in [6.45, 7) is 4.69. The van der Waals surface area contributed by atoms with Crippen LogP contribution in [0.4, 0.5) is 0 Å². The lowest BCUT2D eigenvalue weighted by atomic mass is 10.3. The zero-order valence-electron chi connectivity index (χ0n) is 7.36. The summed E-state index contributed by atoms with van der Waals surface area (Å²) in [6, 6.07) is 3.95. The van der Waals surface area contributed by atoms with E-state index in [0.29, 0.717) is 13.1 Å². The van der Waals surface area contributed by atoms with E-state index in [4.69, 9.17) is 0 Å². The first-order valence-corrected chi connectivity index (χ1v) is 3.73. The van der Waals surface area contributed by atoms with Gasteiger partial charge in [0.15, 0.2) is 0 Å². The summed E-state index contributed by atoms with van der Waals surface area (Å²) < 4.78 is 4.15. The van der Waals surface area contributed by atoms with Crippen LogP contribution in [0.15, 0.2) is 24.5 Å². The Morgan fingerprint density at radius 2 is 2.42 bits per heavy atom. The lowest BCUT2D eigenvalue weighted by Gasteiger charge is -1.82. The van der Waals surface area contributed by atoms with E-state index >= 15 is 0 Å². The Balaban J connectivity index is 0.000000217. The van der Waals surface area contributed by atoms with Crippen molar-refractivity contribution in [3.8, 4) is 0 Å². The number of hydrogen-bond donors (Lipinski definition) is 0. The van der Waals surface area contributed by atoms with E-state index in [1.807, 2.05) is 25.3 Å². The average molecular weight is 167 g/mol. The predicted octanol–water partition coefficient (Wildman–Crippen LogP) is 1.57. The SMILES string of the molecule is CCOC=O.Cc1cccnc1. The molecule has 0 aliphatic carbocycles. The molecule has 0 saturated carbocycles. The van der Waals surface area contributed by atoms with Gasteiger partial charge in [0, 0.05) is 12.4 Å². The Hall–Kier alpha value is -1.38. The van der Waals surface area contributed by atoms with Gasteiger partial charge < -0.3 is 4.74 Å². The first-order chi connectivity index (χ1) is 5.81. The number of rotatable bonds is 2. The molecule has 0 bridgehead atoms. The van der Waals surface area contributed by atoms with Gasteiger partial charge in [0.2, 0.25) is 0 Å². The number of aromatic nitrogens is 1. The Bertz CT molecular complexity index is 199. The molecule has 0 radical (unpaired) electrons. The van der Waals surface area contributed by atoms with Crippen LogP contribution in [0.25, 0.3) is 0 Å². The predicted molar refractivity (Wildman–Crippen MR) is 46.7 cm³/mol. The number of ether oxygens (including phenoxy) is 1. The minimum absolute atomic E-state index is 0.431. The first-order valence-electron chi connectivity index (χ1n) is 3.73. The summed E-state index contributed by atoms with van der Waals surface area (Å²) >= 11 is 0. The van der Waals surface area contributed by atoms with Gasteiger partial charge in [-0.3, -0.25) is 9.78 Å². The topological polar surface area (TPSA) is 39.2 Å². The van der Waals surface area contributed by atoms with Crippen LogP contribution in [0, 0.1) is 6.92 Å². The number of hydrogen-bond acceptors (Lipinski definition) is 3. The van der Waals surface area contributed by atoms with Crippen molar-refractivity contribution in [1.29, 1.82) is 0 Å². The monoisotopic (exact) mass is 167 g/mol. The third-order valence-electron chi connectivity index (χ3n) is 1.04. The molecule has 0 aliphatic rings. The number of aryl methyl sites for hydroxylation is 1. The van der Waals surface area contributed by atoms with E-state index < -0.39 is 0 Å². The fraction of sp³-hybridized carbons (Fsp3) is 0.333. The van der Waals surface area contributed by atoms with Gasteiger partial charge in [-0.25, -0.2) is 0 Å². The Morgan fingerprint density at radius 1 is 1.67 bits per heavy atom. The summed E-state index contributed by atoms with van der Waals surface area (Å²) in [6.07, 6.45) is 3.60. The van der Waals surface area contributed by atoms with Crippen molar-refractivity contribution in [2.24, 2.45) is 0 Å². The second kappa shape index (κ2) is 7.72. The van der Waals surface area contributed by atoms with E-state index in [0.717, 1.165) is 0 Å². The molecule has 1 aromatic rings. The maximum Gasteiger partial charge on any atom is 0.293 e. The Labute approximate surface area is 72.4 Å². The van der Waals surface area contributed by atoms with E-state index in [2.05, 4.69) is 9.72 Å². The fourth-order valence-electron chi connectivity index (χ4n) is 0.516. The van der Waals surface area contributed by atoms with E-state index in [9.17, 15) is 4.79 Å². The first kappa shape index (κ1) is 10.6. The quantitative estimate of drug-likeness (QED) is 0.627. The molecule has 66 valence electrons. The molecule has 0 N–H and O–H groups in total. The smallest absolute Gasteiger partial charge is 0.293 e. The molecule has 0 fully saturated rings. The summed E-state index contributed by atoms with van der Waals surface area (Å²) in [7, 11) is 0. The number of pyridine rings is 1. The van der Waals surface area contributed by atoms with Crippen molar-refractivity contribution in [2.75, 3.05) is 6.61 Å². The van der Waals surface area contributed by atoms with Crippen molar-refractivity contribution in [1.82, 2.24) is 4.98 Å². The minimum Gasteiger partial charge on any atom is -0.468 e. The van der Waals surface area contributed by atoms with Gasteiger partial charge >= 0.3 is 0 Å². The number of carbonyl (C=O) groups excluding carboxylic acids is 1. The van der Waals surface area contributed by atoms with E-state index in [1.165, 1.54) is 5.56 Å². The van der Waals surface area contributed by atoms with Crippen molar-refractivity contribution in [3.05, 3.63) is 30.1 Å². The summed E-state index contributed by atoms with van der Waals surface area (Å²) in [5.74, 6) is 0. The second-order valence-corrected chi connectivity index (χ2v) is 2.08. The lowest BCUT2D eigenvalue weighted by Crippen LogP contribution is -1.80. The lowest BCUT2D eigenvalue weighted by molar-refractivity contribution is -0.128. The Morgan fingerprint density at radius 3 is 2.58 bits per heavy atom. The highest BCUT2D eigenvalue weighted by atomic mass is 16.5. The van der Waals surface area contributed by atoms with Gasteiger partial charge in [0.1, 0.15) is 0 Å². The van der Waals surface area contributed by atoms with Gasteiger partial charge in [0.05, 0.1) is 6.61 Å². The van der Waals surface area contributed by atoms with Crippen molar-refractivity contribution >= 4 is 6.47 Å². The standard InChI is InChI=1S/C6H7N.C3H6O2/c1-6-3-2-4-7-5-6;1-2-5-3-4/h2-5H,1H3;3H,2H2,1H3. The summed E-state index contributed by atoms with van der Waals surface area (Å²) in [4.78, 5) is 13.1. The van der Waals surface area contributed by atoms with Crippen LogP contribution in [0.2, 0.25) is 0 Å². The molecular weight excluding hydrogens is 154 g/mol. The van der Waals surface area contributed by atoms with Gasteiger partial charge in [-0.15, -0.1) is 0 Å². The molecule has 0 unspecified atom stereocenters. The zero-order valence-corrected chi connectivity index (χ0v) is 7.36. The summed E-state index contributed by atoms with van der Waals surface area (Å²) in [5.41, 5.74) is 1.21. The van der Waals surface area contributed by atoms with Gasteiger partial charge in [-0.2, -0.15) is 0 Å². The van der Waals surface area contributed by atoms with Crippen molar-refractivity contribution in [3.63, 3.8) is 0 Å². The van der Waals surface area contributed by atoms with Crippen molar-refractivity contribution in [2.45, 2.75) is 13.8 Å². The van der Waals surface area contributed by atoms with Crippen LogP contribution < -0.4 is 0 Å². The zero-order chi connectivity index (χ0) is 9.23. The molecule has 0 aromatic carbocycles. The van der Waals surface area contributed by atoms with E-state index in [1.54, 1.807) is 13.1 Å². The highest BCUT2D eigenvalue weighted by molar-refractivity contribution is 5.36. The molecule has 12 heavy (non-hydrogen) atoms. The molecule has 0 saturated heterocycles. The molecule has 1 aromatic heterocycles. The minimum atomic E-state index is 0.431. The van der Waals surface area contributed by atoms with Gasteiger partial charge in [0.25, 0.3) is 6.47 Å². The Kier molecular flexibility index (Phi) is 6.84. The average Bonchev–Trinajstić information content (AvgIpc) is 2.08. The molecule has 0 atom stereocenters. The van der Waals surface area contributed by atoms with E-state index in [-0.39, 0.29) is 0 Å². The second-order valence-electron chi connectivity index (χ2n) is 2.08. The van der Waals surface area contributed by atoms with Crippen LogP contribution in [0.3, 0.4) is 0 Å². The van der Waals surface area contributed by atoms with Gasteiger partial charge in [-0.1, -0.05) is 6.07 Å². The number of carbonyl (C=O) groups is 1. The third-order valence-corrected chi connectivity index (χ3v) is 1.04. The van der Waals surface area contributed by atoms with Crippen molar-refractivity contribution < 1.29 is 9.53 Å². The third kappa shape index (κ3) is 6.74. The maximum absolute atomic E-state index is 9.18.